The summed E-state index contributed by atoms with van der Waals surface area (Å²) in [5.41, 5.74) is 8.15. The highest BCUT2D eigenvalue weighted by Crippen LogP contribution is 2.59. The molecule has 0 spiro atoms. The summed E-state index contributed by atoms with van der Waals surface area (Å²) in [7, 11) is 0. The third kappa shape index (κ3) is 1.58. The highest BCUT2D eigenvalue weighted by molar-refractivity contribution is 5.66. The van der Waals surface area contributed by atoms with E-state index in [2.05, 4.69) is 69.9 Å². The van der Waals surface area contributed by atoms with Gasteiger partial charge in [-0.2, -0.15) is 0 Å². The zero-order valence-corrected chi connectivity index (χ0v) is 14.1. The topological polar surface area (TPSA) is 16.1 Å². The molecule has 2 aromatic rings. The number of benzene rings is 1. The van der Waals surface area contributed by atoms with Gasteiger partial charge in [0.25, 0.3) is 0 Å². The van der Waals surface area contributed by atoms with Gasteiger partial charge in [0, 0.05) is 17.7 Å². The predicted molar refractivity (Wildman–Crippen MR) is 91.5 cm³/mol. The first kappa shape index (κ1) is 13.8. The summed E-state index contributed by atoms with van der Waals surface area (Å²) in [6.45, 7) is 11.3. The van der Waals surface area contributed by atoms with Gasteiger partial charge in [0.1, 0.15) is 0 Å². The second-order valence-electron chi connectivity index (χ2n) is 7.30. The highest BCUT2D eigenvalue weighted by Gasteiger charge is 2.55. The van der Waals surface area contributed by atoms with Crippen molar-refractivity contribution in [3.8, 4) is 0 Å². The normalized spacial score (nSPS) is 29.0. The number of hydrogen-bond donors (Lipinski definition) is 0. The lowest BCUT2D eigenvalue weighted by Gasteiger charge is -2.44. The van der Waals surface area contributed by atoms with E-state index in [1.54, 1.807) is 5.56 Å². The molecule has 2 heterocycles. The summed E-state index contributed by atoms with van der Waals surface area (Å²) < 4.78 is 0. The number of aromatic nitrogens is 1. The molecule has 1 aromatic carbocycles. The van der Waals surface area contributed by atoms with E-state index in [9.17, 15) is 0 Å². The van der Waals surface area contributed by atoms with E-state index in [1.165, 1.54) is 23.2 Å². The Kier molecular flexibility index (Phi) is 2.73. The third-order valence-electron chi connectivity index (χ3n) is 5.81. The Balaban J connectivity index is 1.93. The largest absolute Gasteiger partial charge is 0.357 e. The third-order valence-corrected chi connectivity index (χ3v) is 5.81. The van der Waals surface area contributed by atoms with Crippen molar-refractivity contribution in [1.29, 1.82) is 0 Å². The number of aryl methyl sites for hydroxylation is 3. The van der Waals surface area contributed by atoms with Crippen LogP contribution in [0.15, 0.2) is 30.3 Å². The van der Waals surface area contributed by atoms with Crippen molar-refractivity contribution in [2.75, 3.05) is 4.90 Å². The van der Waals surface area contributed by atoms with Gasteiger partial charge in [-0.1, -0.05) is 24.3 Å². The van der Waals surface area contributed by atoms with Crippen LogP contribution in [0.1, 0.15) is 54.3 Å². The molecule has 1 aliphatic carbocycles. The Morgan fingerprint density at radius 3 is 2.64 bits per heavy atom. The van der Waals surface area contributed by atoms with E-state index in [0.717, 1.165) is 11.4 Å². The first-order valence-corrected chi connectivity index (χ1v) is 8.27. The minimum absolute atomic E-state index is 0.104. The zero-order valence-electron chi connectivity index (χ0n) is 14.1. The van der Waals surface area contributed by atoms with Gasteiger partial charge in [-0.3, -0.25) is 4.98 Å². The van der Waals surface area contributed by atoms with Gasteiger partial charge in [0.15, 0.2) is 0 Å². The van der Waals surface area contributed by atoms with Gasteiger partial charge in [0.2, 0.25) is 0 Å². The summed E-state index contributed by atoms with van der Waals surface area (Å²) in [6, 6.07) is 11.8. The second kappa shape index (κ2) is 4.34. The molecule has 3 atom stereocenters. The first-order chi connectivity index (χ1) is 10.4. The van der Waals surface area contributed by atoms with Crippen molar-refractivity contribution in [3.63, 3.8) is 0 Å². The van der Waals surface area contributed by atoms with Crippen LogP contribution in [0.25, 0.3) is 0 Å². The van der Waals surface area contributed by atoms with Gasteiger partial charge in [-0.15, -0.1) is 0 Å². The van der Waals surface area contributed by atoms with Crippen molar-refractivity contribution in [2.45, 2.75) is 58.5 Å². The minimum Gasteiger partial charge on any atom is -0.357 e. The standard InChI is InChI=1S/C20H24N2/c1-12-10-13(2)21-14(3)19(12)22-15(4)17-11-20(22,5)18-9-7-6-8-16(17)18/h6-10,15,17H,11H2,1-5H3/t15-,17?,20?/m0/s1. The van der Waals surface area contributed by atoms with Gasteiger partial charge >= 0.3 is 0 Å². The van der Waals surface area contributed by atoms with Crippen LogP contribution >= 0.6 is 0 Å². The molecule has 2 bridgehead atoms. The molecule has 22 heavy (non-hydrogen) atoms. The molecule has 1 aliphatic heterocycles. The van der Waals surface area contributed by atoms with Crippen molar-refractivity contribution < 1.29 is 0 Å². The average Bonchev–Trinajstić information content (AvgIpc) is 2.89. The molecule has 4 rings (SSSR count). The molecule has 2 nitrogen and oxygen atoms in total. The smallest absolute Gasteiger partial charge is 0.0639 e. The van der Waals surface area contributed by atoms with Gasteiger partial charge in [-0.05, 0) is 63.8 Å². The second-order valence-corrected chi connectivity index (χ2v) is 7.30. The average molecular weight is 292 g/mol. The minimum atomic E-state index is 0.104. The molecule has 0 saturated carbocycles. The number of pyridine rings is 1. The van der Waals surface area contributed by atoms with Gasteiger partial charge in [-0.25, -0.2) is 0 Å². The van der Waals surface area contributed by atoms with E-state index in [-0.39, 0.29) is 5.54 Å². The van der Waals surface area contributed by atoms with Crippen molar-refractivity contribution in [1.82, 2.24) is 4.98 Å². The molecule has 1 aromatic heterocycles. The Morgan fingerprint density at radius 2 is 1.91 bits per heavy atom. The number of hydrogen-bond acceptors (Lipinski definition) is 2. The number of fused-ring (bicyclic) bond motifs is 5. The monoisotopic (exact) mass is 292 g/mol. The van der Waals surface area contributed by atoms with E-state index in [1.807, 2.05) is 0 Å². The molecule has 1 saturated heterocycles. The van der Waals surface area contributed by atoms with Crippen LogP contribution in [0.2, 0.25) is 0 Å². The van der Waals surface area contributed by atoms with Crippen LogP contribution < -0.4 is 4.90 Å². The highest BCUT2D eigenvalue weighted by atomic mass is 15.3. The molecule has 0 radical (unpaired) electrons. The molecule has 2 unspecified atom stereocenters. The number of anilines is 1. The molecular weight excluding hydrogens is 268 g/mol. The zero-order chi connectivity index (χ0) is 15.6. The number of rotatable bonds is 1. The van der Waals surface area contributed by atoms with Crippen LogP contribution in [0, 0.1) is 20.8 Å². The van der Waals surface area contributed by atoms with Crippen molar-refractivity contribution in [3.05, 3.63) is 58.4 Å². The van der Waals surface area contributed by atoms with Crippen LogP contribution in [0.5, 0.6) is 0 Å². The molecule has 2 heteroatoms. The lowest BCUT2D eigenvalue weighted by atomic mass is 9.88. The molecule has 114 valence electrons. The van der Waals surface area contributed by atoms with Crippen molar-refractivity contribution >= 4 is 5.69 Å². The molecule has 0 N–H and O–H groups in total. The molecule has 2 aliphatic rings. The van der Waals surface area contributed by atoms with E-state index < -0.39 is 0 Å². The summed E-state index contributed by atoms with van der Waals surface area (Å²) in [5.74, 6) is 0.640. The van der Waals surface area contributed by atoms with Crippen molar-refractivity contribution in [2.24, 2.45) is 0 Å². The Morgan fingerprint density at radius 1 is 1.18 bits per heavy atom. The first-order valence-electron chi connectivity index (χ1n) is 8.27. The fourth-order valence-electron chi connectivity index (χ4n) is 5.08. The predicted octanol–water partition coefficient (Wildman–Crippen LogP) is 4.62. The molecule has 0 amide bonds. The van der Waals surface area contributed by atoms with Crippen LogP contribution in [-0.4, -0.2) is 11.0 Å². The summed E-state index contributed by atoms with van der Waals surface area (Å²) in [4.78, 5) is 7.39. The quantitative estimate of drug-likeness (QED) is 0.762. The SMILES string of the molecule is Cc1cc(C)c(N2[C@@H](C)C3CC2(C)c2ccccc23)c(C)n1. The molecule has 1 fully saturated rings. The Bertz CT molecular complexity index is 741. The molecular formula is C20H24N2. The Hall–Kier alpha value is -1.83. The summed E-state index contributed by atoms with van der Waals surface area (Å²) in [5, 5.41) is 0. The number of nitrogens with zero attached hydrogens (tertiary/aromatic N) is 2. The fraction of sp³-hybridized carbons (Fsp3) is 0.450. The van der Waals surface area contributed by atoms with E-state index in [4.69, 9.17) is 4.98 Å². The lowest BCUT2D eigenvalue weighted by Crippen LogP contribution is -2.46. The maximum Gasteiger partial charge on any atom is 0.0639 e. The summed E-state index contributed by atoms with van der Waals surface area (Å²) >= 11 is 0. The maximum absolute atomic E-state index is 4.74. The van der Waals surface area contributed by atoms with Crippen LogP contribution in [0.4, 0.5) is 5.69 Å². The van der Waals surface area contributed by atoms with Gasteiger partial charge < -0.3 is 4.90 Å². The van der Waals surface area contributed by atoms with Crippen LogP contribution in [0.3, 0.4) is 0 Å². The van der Waals surface area contributed by atoms with E-state index in [0.29, 0.717) is 12.0 Å². The van der Waals surface area contributed by atoms with Crippen LogP contribution in [-0.2, 0) is 5.54 Å². The van der Waals surface area contributed by atoms with E-state index >= 15 is 0 Å². The van der Waals surface area contributed by atoms with Gasteiger partial charge in [0.05, 0.1) is 16.9 Å². The fourth-order valence-corrected chi connectivity index (χ4v) is 5.08. The lowest BCUT2D eigenvalue weighted by molar-refractivity contribution is 0.486. The Labute approximate surface area is 133 Å². The summed E-state index contributed by atoms with van der Waals surface area (Å²) in [6.07, 6.45) is 1.22. The maximum atomic E-state index is 4.74.